The number of nitrogens with two attached hydrogens (primary N) is 1. The molecular weight excluding hydrogens is 182 g/mol. The van der Waals surface area contributed by atoms with Gasteiger partial charge in [0.2, 0.25) is 0 Å². The van der Waals surface area contributed by atoms with Gasteiger partial charge in [0, 0.05) is 4.90 Å². The fourth-order valence-corrected chi connectivity index (χ4v) is 2.06. The molecule has 0 atom stereocenters. The van der Waals surface area contributed by atoms with Crippen LogP contribution in [0.4, 0.5) is 0 Å². The molecule has 1 aliphatic rings. The molecule has 1 saturated carbocycles. The summed E-state index contributed by atoms with van der Waals surface area (Å²) in [6.45, 7) is 0. The molecule has 1 aliphatic carbocycles. The second-order valence-corrected chi connectivity index (χ2v) is 4.22. The van der Waals surface area contributed by atoms with Crippen LogP contribution in [0.5, 0.6) is 0 Å². The lowest BCUT2D eigenvalue weighted by molar-refractivity contribution is 0.0746. The van der Waals surface area contributed by atoms with Crippen LogP contribution in [-0.4, -0.2) is 11.2 Å². The first-order valence-corrected chi connectivity index (χ1v) is 5.32. The Labute approximate surface area is 82.3 Å². The molecule has 3 heteroatoms. The van der Waals surface area contributed by atoms with Gasteiger partial charge in [0.15, 0.2) is 0 Å². The summed E-state index contributed by atoms with van der Waals surface area (Å²) in [4.78, 5) is 1.10. The first kappa shape index (κ1) is 9.06. The highest BCUT2D eigenvalue weighted by molar-refractivity contribution is 7.97. The van der Waals surface area contributed by atoms with E-state index in [-0.39, 0.29) is 6.10 Å². The van der Waals surface area contributed by atoms with Crippen molar-refractivity contribution in [1.29, 1.82) is 0 Å². The molecule has 13 heavy (non-hydrogen) atoms. The van der Waals surface area contributed by atoms with E-state index in [0.29, 0.717) is 5.92 Å². The van der Waals surface area contributed by atoms with Crippen LogP contribution in [0.2, 0.25) is 0 Å². The normalized spacial score (nSPS) is 26.9. The summed E-state index contributed by atoms with van der Waals surface area (Å²) >= 11 is 1.27. The van der Waals surface area contributed by atoms with Crippen molar-refractivity contribution in [2.75, 3.05) is 0 Å². The fraction of sp³-hybridized carbons (Fsp3) is 0.400. The molecule has 2 nitrogen and oxygen atoms in total. The van der Waals surface area contributed by atoms with Crippen molar-refractivity contribution >= 4 is 11.9 Å². The Bertz CT molecular complexity index is 297. The molecule has 0 bridgehead atoms. The minimum Gasteiger partial charge on any atom is -0.393 e. The van der Waals surface area contributed by atoms with Crippen molar-refractivity contribution in [3.05, 3.63) is 29.8 Å². The Hall–Kier alpha value is -0.510. The lowest BCUT2D eigenvalue weighted by Crippen LogP contribution is -2.26. The van der Waals surface area contributed by atoms with Crippen molar-refractivity contribution in [3.8, 4) is 0 Å². The number of hydrogen-bond donors (Lipinski definition) is 2. The van der Waals surface area contributed by atoms with Crippen LogP contribution in [0.25, 0.3) is 0 Å². The number of aliphatic hydroxyl groups is 1. The summed E-state index contributed by atoms with van der Waals surface area (Å²) in [6, 6.07) is 8.25. The molecular formula is C10H13NOS. The van der Waals surface area contributed by atoms with E-state index in [2.05, 4.69) is 12.1 Å². The molecule has 0 heterocycles. The van der Waals surface area contributed by atoms with Gasteiger partial charge in [0.1, 0.15) is 0 Å². The summed E-state index contributed by atoms with van der Waals surface area (Å²) < 4.78 is 0. The van der Waals surface area contributed by atoms with E-state index >= 15 is 0 Å². The lowest BCUT2D eigenvalue weighted by Gasteiger charge is -2.31. The molecule has 0 radical (unpaired) electrons. The molecule has 0 spiro atoms. The highest BCUT2D eigenvalue weighted by atomic mass is 32.2. The lowest BCUT2D eigenvalue weighted by atomic mass is 9.78. The zero-order chi connectivity index (χ0) is 9.26. The summed E-state index contributed by atoms with van der Waals surface area (Å²) in [5.74, 6) is 0.544. The van der Waals surface area contributed by atoms with Gasteiger partial charge in [-0.1, -0.05) is 12.1 Å². The first-order chi connectivity index (χ1) is 6.29. The van der Waals surface area contributed by atoms with E-state index in [1.807, 2.05) is 12.1 Å². The molecule has 0 amide bonds. The zero-order valence-corrected chi connectivity index (χ0v) is 8.13. The number of hydrogen-bond acceptors (Lipinski definition) is 3. The highest BCUT2D eigenvalue weighted by Gasteiger charge is 2.28. The third kappa shape index (κ3) is 1.88. The zero-order valence-electron chi connectivity index (χ0n) is 7.31. The Kier molecular flexibility index (Phi) is 2.58. The second-order valence-electron chi connectivity index (χ2n) is 3.51. The molecule has 3 N–H and O–H groups in total. The van der Waals surface area contributed by atoms with E-state index in [0.717, 1.165) is 17.7 Å². The average molecular weight is 195 g/mol. The van der Waals surface area contributed by atoms with Crippen molar-refractivity contribution < 1.29 is 5.11 Å². The monoisotopic (exact) mass is 195 g/mol. The summed E-state index contributed by atoms with van der Waals surface area (Å²) in [5.41, 5.74) is 1.31. The second kappa shape index (κ2) is 3.70. The van der Waals surface area contributed by atoms with Crippen molar-refractivity contribution in [3.63, 3.8) is 0 Å². The van der Waals surface area contributed by atoms with Crippen LogP contribution in [0, 0.1) is 0 Å². The standard InChI is InChI=1S/C10H13NOS/c11-13-10-3-1-2-7(6-10)8-4-9(12)5-8/h1-3,6,8-9,12H,4-5,11H2. The number of benzene rings is 1. The molecule has 1 fully saturated rings. The molecule has 0 unspecified atom stereocenters. The van der Waals surface area contributed by atoms with Gasteiger partial charge in [0.05, 0.1) is 6.10 Å². The maximum atomic E-state index is 9.18. The molecule has 2 rings (SSSR count). The Balaban J connectivity index is 2.12. The van der Waals surface area contributed by atoms with E-state index in [9.17, 15) is 5.11 Å². The topological polar surface area (TPSA) is 46.2 Å². The molecule has 0 aliphatic heterocycles. The van der Waals surface area contributed by atoms with E-state index in [4.69, 9.17) is 5.14 Å². The molecule has 70 valence electrons. The average Bonchev–Trinajstić information content (AvgIpc) is 2.13. The Morgan fingerprint density at radius 3 is 2.77 bits per heavy atom. The van der Waals surface area contributed by atoms with E-state index in [1.165, 1.54) is 17.5 Å². The van der Waals surface area contributed by atoms with Crippen LogP contribution in [0.1, 0.15) is 24.3 Å². The summed E-state index contributed by atoms with van der Waals surface area (Å²) in [7, 11) is 0. The maximum Gasteiger partial charge on any atom is 0.0552 e. The number of rotatable bonds is 2. The first-order valence-electron chi connectivity index (χ1n) is 4.44. The maximum absolute atomic E-state index is 9.18. The van der Waals surface area contributed by atoms with E-state index < -0.39 is 0 Å². The van der Waals surface area contributed by atoms with E-state index in [1.54, 1.807) is 0 Å². The molecule has 1 aromatic carbocycles. The molecule has 0 aromatic heterocycles. The quantitative estimate of drug-likeness (QED) is 0.708. The van der Waals surface area contributed by atoms with Crippen molar-refractivity contribution in [2.45, 2.75) is 29.8 Å². The summed E-state index contributed by atoms with van der Waals surface area (Å²) in [6.07, 6.45) is 1.72. The SMILES string of the molecule is NSc1cccc(C2CC(O)C2)c1. The third-order valence-electron chi connectivity index (χ3n) is 2.58. The fourth-order valence-electron chi connectivity index (χ4n) is 1.70. The number of aliphatic hydroxyl groups excluding tert-OH is 1. The van der Waals surface area contributed by atoms with Gasteiger partial charge in [-0.15, -0.1) is 0 Å². The Morgan fingerprint density at radius 2 is 2.15 bits per heavy atom. The smallest absolute Gasteiger partial charge is 0.0552 e. The van der Waals surface area contributed by atoms with Gasteiger partial charge >= 0.3 is 0 Å². The largest absolute Gasteiger partial charge is 0.393 e. The highest BCUT2D eigenvalue weighted by Crippen LogP contribution is 2.37. The van der Waals surface area contributed by atoms with Crippen LogP contribution in [-0.2, 0) is 0 Å². The van der Waals surface area contributed by atoms with Gasteiger partial charge in [-0.3, -0.25) is 5.14 Å². The Morgan fingerprint density at radius 1 is 1.38 bits per heavy atom. The van der Waals surface area contributed by atoms with Crippen LogP contribution >= 0.6 is 11.9 Å². The minimum atomic E-state index is -0.0841. The van der Waals surface area contributed by atoms with Gasteiger partial charge in [-0.05, 0) is 48.4 Å². The van der Waals surface area contributed by atoms with Gasteiger partial charge in [-0.2, -0.15) is 0 Å². The van der Waals surface area contributed by atoms with Crippen LogP contribution < -0.4 is 5.14 Å². The van der Waals surface area contributed by atoms with Crippen LogP contribution in [0.3, 0.4) is 0 Å². The predicted octanol–water partition coefficient (Wildman–Crippen LogP) is 1.89. The molecule has 0 saturated heterocycles. The third-order valence-corrected chi connectivity index (χ3v) is 3.10. The predicted molar refractivity (Wildman–Crippen MR) is 54.5 cm³/mol. The van der Waals surface area contributed by atoms with Gasteiger partial charge < -0.3 is 5.11 Å². The molecule has 1 aromatic rings. The van der Waals surface area contributed by atoms with Crippen LogP contribution in [0.15, 0.2) is 29.2 Å². The van der Waals surface area contributed by atoms with Crippen molar-refractivity contribution in [1.82, 2.24) is 0 Å². The van der Waals surface area contributed by atoms with Gasteiger partial charge in [-0.25, -0.2) is 0 Å². The summed E-state index contributed by atoms with van der Waals surface area (Å²) in [5, 5.41) is 14.6. The minimum absolute atomic E-state index is 0.0841. The van der Waals surface area contributed by atoms with Gasteiger partial charge in [0.25, 0.3) is 0 Å². The van der Waals surface area contributed by atoms with Crippen molar-refractivity contribution in [2.24, 2.45) is 5.14 Å².